The smallest absolute Gasteiger partial charge is 0.243 e. The molecule has 0 heterocycles. The number of nitrogens with one attached hydrogen (secondary N) is 1. The molecule has 0 fully saturated rings. The van der Waals surface area contributed by atoms with Crippen LogP contribution in [0, 0.1) is 6.92 Å². The van der Waals surface area contributed by atoms with Gasteiger partial charge < -0.3 is 10.2 Å². The van der Waals surface area contributed by atoms with Crippen LogP contribution < -0.4 is 5.32 Å². The van der Waals surface area contributed by atoms with Gasteiger partial charge in [-0.2, -0.15) is 11.8 Å². The maximum atomic E-state index is 13.7. The molecule has 0 unspecified atom stereocenters. The maximum Gasteiger partial charge on any atom is 0.243 e. The first-order valence-corrected chi connectivity index (χ1v) is 14.0. The van der Waals surface area contributed by atoms with Gasteiger partial charge in [-0.15, -0.1) is 0 Å². The molecule has 0 spiro atoms. The average molecular weight is 503 g/mol. The van der Waals surface area contributed by atoms with Crippen molar-refractivity contribution in [1.29, 1.82) is 0 Å². The number of rotatable bonds is 14. The third-order valence-electron chi connectivity index (χ3n) is 6.27. The van der Waals surface area contributed by atoms with Gasteiger partial charge in [0.1, 0.15) is 6.04 Å². The van der Waals surface area contributed by atoms with Gasteiger partial charge in [0.05, 0.1) is 0 Å². The summed E-state index contributed by atoms with van der Waals surface area (Å²) in [5.41, 5.74) is 4.50. The predicted molar refractivity (Wildman–Crippen MR) is 151 cm³/mol. The SMILES string of the molecule is CCCCNC(=O)[C@H](Cc1ccccc1)N(Cc1ccccc1C)C(=O)CCSCc1ccccc1. The Morgan fingerprint density at radius 3 is 2.19 bits per heavy atom. The molecule has 36 heavy (non-hydrogen) atoms. The van der Waals surface area contributed by atoms with E-state index < -0.39 is 6.04 Å². The maximum absolute atomic E-state index is 13.7. The van der Waals surface area contributed by atoms with Crippen molar-refractivity contribution in [2.24, 2.45) is 0 Å². The first-order valence-electron chi connectivity index (χ1n) is 12.9. The summed E-state index contributed by atoms with van der Waals surface area (Å²) in [6.45, 7) is 5.21. The van der Waals surface area contributed by atoms with Crippen LogP contribution in [0.1, 0.15) is 48.4 Å². The molecular weight excluding hydrogens is 464 g/mol. The highest BCUT2D eigenvalue weighted by Crippen LogP contribution is 2.20. The molecule has 1 atom stereocenters. The number of carbonyl (C=O) groups excluding carboxylic acids is 2. The first kappa shape index (κ1) is 27.5. The van der Waals surface area contributed by atoms with Crippen molar-refractivity contribution in [3.63, 3.8) is 0 Å². The first-order chi connectivity index (χ1) is 17.6. The average Bonchev–Trinajstić information content (AvgIpc) is 2.91. The Kier molecular flexibility index (Phi) is 11.6. The number of aryl methyl sites for hydroxylation is 1. The molecule has 0 saturated heterocycles. The van der Waals surface area contributed by atoms with E-state index in [9.17, 15) is 9.59 Å². The van der Waals surface area contributed by atoms with Crippen LogP contribution in [0.2, 0.25) is 0 Å². The van der Waals surface area contributed by atoms with Crippen LogP contribution in [0.15, 0.2) is 84.9 Å². The Morgan fingerprint density at radius 2 is 1.53 bits per heavy atom. The van der Waals surface area contributed by atoms with Crippen LogP contribution in [-0.4, -0.2) is 35.1 Å². The van der Waals surface area contributed by atoms with E-state index in [2.05, 4.69) is 37.4 Å². The van der Waals surface area contributed by atoms with Gasteiger partial charge in [0.15, 0.2) is 0 Å². The number of amides is 2. The zero-order valence-electron chi connectivity index (χ0n) is 21.5. The van der Waals surface area contributed by atoms with Gasteiger partial charge in [-0.05, 0) is 35.6 Å². The largest absolute Gasteiger partial charge is 0.354 e. The molecule has 0 radical (unpaired) electrons. The lowest BCUT2D eigenvalue weighted by molar-refractivity contribution is -0.141. The molecular formula is C31H38N2O2S. The highest BCUT2D eigenvalue weighted by molar-refractivity contribution is 7.98. The zero-order chi connectivity index (χ0) is 25.6. The third kappa shape index (κ3) is 8.87. The summed E-state index contributed by atoms with van der Waals surface area (Å²) in [7, 11) is 0. The summed E-state index contributed by atoms with van der Waals surface area (Å²) >= 11 is 1.75. The van der Waals surface area contributed by atoms with E-state index in [0.29, 0.717) is 31.7 Å². The third-order valence-corrected chi connectivity index (χ3v) is 7.30. The Balaban J connectivity index is 1.79. The Morgan fingerprint density at radius 1 is 0.889 bits per heavy atom. The van der Waals surface area contributed by atoms with Gasteiger partial charge in [-0.3, -0.25) is 9.59 Å². The predicted octanol–water partition coefficient (Wildman–Crippen LogP) is 6.17. The summed E-state index contributed by atoms with van der Waals surface area (Å²) in [6, 6.07) is 27.8. The fourth-order valence-electron chi connectivity index (χ4n) is 4.10. The van der Waals surface area contributed by atoms with Crippen LogP contribution in [0.25, 0.3) is 0 Å². The number of benzene rings is 3. The summed E-state index contributed by atoms with van der Waals surface area (Å²) in [6.07, 6.45) is 2.82. The Labute approximate surface area is 220 Å². The van der Waals surface area contributed by atoms with Crippen molar-refractivity contribution in [3.8, 4) is 0 Å². The molecule has 3 rings (SSSR count). The number of hydrogen-bond acceptors (Lipinski definition) is 3. The second kappa shape index (κ2) is 15.1. The Hall–Kier alpha value is -3.05. The molecule has 0 aliphatic heterocycles. The fraction of sp³-hybridized carbons (Fsp3) is 0.355. The molecule has 0 bridgehead atoms. The highest BCUT2D eigenvalue weighted by atomic mass is 32.2. The summed E-state index contributed by atoms with van der Waals surface area (Å²) in [5, 5.41) is 3.09. The van der Waals surface area contributed by atoms with Gasteiger partial charge >= 0.3 is 0 Å². The van der Waals surface area contributed by atoms with Crippen LogP contribution in [-0.2, 0) is 28.3 Å². The zero-order valence-corrected chi connectivity index (χ0v) is 22.3. The number of carbonyl (C=O) groups is 2. The molecule has 3 aromatic rings. The molecule has 3 aromatic carbocycles. The molecule has 2 amide bonds. The standard InChI is InChI=1S/C31H38N2O2S/c1-3-4-20-32-31(35)29(22-26-14-7-5-8-15-26)33(23-28-18-12-11-13-25(28)2)30(34)19-21-36-24-27-16-9-6-10-17-27/h5-18,29H,3-4,19-24H2,1-2H3,(H,32,35)/t29-/m0/s1. The number of thioether (sulfide) groups is 1. The fourth-order valence-corrected chi connectivity index (χ4v) is 4.99. The monoisotopic (exact) mass is 502 g/mol. The van der Waals surface area contributed by atoms with Gasteiger partial charge in [0.25, 0.3) is 0 Å². The molecule has 0 aliphatic carbocycles. The highest BCUT2D eigenvalue weighted by Gasteiger charge is 2.30. The molecule has 190 valence electrons. The van der Waals surface area contributed by atoms with Crippen molar-refractivity contribution < 1.29 is 9.59 Å². The molecule has 4 nitrogen and oxygen atoms in total. The van der Waals surface area contributed by atoms with Crippen molar-refractivity contribution in [2.45, 2.75) is 57.9 Å². The van der Waals surface area contributed by atoms with Crippen molar-refractivity contribution in [1.82, 2.24) is 10.2 Å². The minimum atomic E-state index is -0.560. The van der Waals surface area contributed by atoms with E-state index in [1.807, 2.05) is 66.7 Å². The molecule has 0 aromatic heterocycles. The number of unbranched alkanes of at least 4 members (excludes halogenated alkanes) is 1. The Bertz CT molecular complexity index is 1070. The quantitative estimate of drug-likeness (QED) is 0.268. The van der Waals surface area contributed by atoms with Crippen LogP contribution in [0.4, 0.5) is 0 Å². The number of nitrogens with zero attached hydrogens (tertiary/aromatic N) is 1. The van der Waals surface area contributed by atoms with E-state index in [1.165, 1.54) is 5.56 Å². The van der Waals surface area contributed by atoms with Gasteiger partial charge in [-0.25, -0.2) is 0 Å². The molecule has 0 aliphatic rings. The molecule has 5 heteroatoms. The second-order valence-electron chi connectivity index (χ2n) is 9.09. The van der Waals surface area contributed by atoms with Crippen LogP contribution in [0.5, 0.6) is 0 Å². The van der Waals surface area contributed by atoms with Crippen molar-refractivity contribution in [2.75, 3.05) is 12.3 Å². The van der Waals surface area contributed by atoms with Crippen molar-refractivity contribution in [3.05, 3.63) is 107 Å². The van der Waals surface area contributed by atoms with E-state index in [1.54, 1.807) is 16.7 Å². The van der Waals surface area contributed by atoms with E-state index >= 15 is 0 Å². The second-order valence-corrected chi connectivity index (χ2v) is 10.2. The van der Waals surface area contributed by atoms with E-state index in [0.717, 1.165) is 35.3 Å². The summed E-state index contributed by atoms with van der Waals surface area (Å²) in [4.78, 5) is 28.9. The minimum absolute atomic E-state index is 0.0189. The van der Waals surface area contributed by atoms with Crippen LogP contribution in [0.3, 0.4) is 0 Å². The number of hydrogen-bond donors (Lipinski definition) is 1. The summed E-state index contributed by atoms with van der Waals surface area (Å²) in [5.74, 6) is 1.53. The normalized spacial score (nSPS) is 11.6. The van der Waals surface area contributed by atoms with Gasteiger partial charge in [0.2, 0.25) is 11.8 Å². The lowest BCUT2D eigenvalue weighted by atomic mass is 10.0. The van der Waals surface area contributed by atoms with E-state index in [4.69, 9.17) is 0 Å². The lowest BCUT2D eigenvalue weighted by Gasteiger charge is -2.32. The van der Waals surface area contributed by atoms with Crippen molar-refractivity contribution >= 4 is 23.6 Å². The van der Waals surface area contributed by atoms with Crippen LogP contribution >= 0.6 is 11.8 Å². The summed E-state index contributed by atoms with van der Waals surface area (Å²) < 4.78 is 0. The van der Waals surface area contributed by atoms with E-state index in [-0.39, 0.29) is 11.8 Å². The lowest BCUT2D eigenvalue weighted by Crippen LogP contribution is -2.50. The topological polar surface area (TPSA) is 49.4 Å². The van der Waals surface area contributed by atoms with Gasteiger partial charge in [0, 0.05) is 37.4 Å². The minimum Gasteiger partial charge on any atom is -0.354 e. The molecule has 0 saturated carbocycles. The van der Waals surface area contributed by atoms with Gasteiger partial charge in [-0.1, -0.05) is 98.3 Å². The molecule has 1 N–H and O–H groups in total.